The summed E-state index contributed by atoms with van der Waals surface area (Å²) in [6.07, 6.45) is 0.234. The number of nitrogens with zero attached hydrogens (tertiary/aromatic N) is 1. The van der Waals surface area contributed by atoms with Gasteiger partial charge in [-0.05, 0) is 36.4 Å². The van der Waals surface area contributed by atoms with Gasteiger partial charge >= 0.3 is 0 Å². The molecule has 1 aromatic heterocycles. The number of fused-ring (bicyclic) bond motifs is 1. The summed E-state index contributed by atoms with van der Waals surface area (Å²) in [5.74, 6) is 1.08. The minimum absolute atomic E-state index is 0.234. The fraction of sp³-hybridized carbons (Fsp3) is 0.188. The summed E-state index contributed by atoms with van der Waals surface area (Å²) in [4.78, 5) is 0. The molecule has 1 aliphatic heterocycles. The average Bonchev–Trinajstić information content (AvgIpc) is 3.24. The molecule has 1 unspecified atom stereocenters. The van der Waals surface area contributed by atoms with Crippen LogP contribution in [0.5, 0.6) is 5.75 Å². The predicted molar refractivity (Wildman–Crippen MR) is 74.6 cm³/mol. The molecule has 1 fully saturated rings. The molecule has 0 spiro atoms. The first-order valence-electron chi connectivity index (χ1n) is 6.69. The van der Waals surface area contributed by atoms with Gasteiger partial charge < -0.3 is 14.0 Å². The van der Waals surface area contributed by atoms with Crippen LogP contribution in [-0.4, -0.2) is 24.5 Å². The molecule has 2 heterocycles. The monoisotopic (exact) mass is 285 g/mol. The molecule has 21 heavy (non-hydrogen) atoms. The third-order valence-electron chi connectivity index (χ3n) is 3.39. The van der Waals surface area contributed by atoms with Gasteiger partial charge in [0.15, 0.2) is 5.76 Å². The highest BCUT2D eigenvalue weighted by Gasteiger charge is 2.23. The molecule has 1 atom stereocenters. The van der Waals surface area contributed by atoms with E-state index < -0.39 is 0 Å². The van der Waals surface area contributed by atoms with Crippen LogP contribution in [0.2, 0.25) is 0 Å². The van der Waals surface area contributed by atoms with Crippen molar-refractivity contribution in [2.24, 2.45) is 0 Å². The van der Waals surface area contributed by atoms with Gasteiger partial charge in [-0.2, -0.15) is 0 Å². The zero-order chi connectivity index (χ0) is 14.2. The average molecular weight is 285 g/mol. The Balaban J connectivity index is 1.61. The summed E-state index contributed by atoms with van der Waals surface area (Å²) in [7, 11) is 0. The predicted octanol–water partition coefficient (Wildman–Crippen LogP) is 3.41. The highest BCUT2D eigenvalue weighted by molar-refractivity contribution is 5.91. The molecule has 1 saturated heterocycles. The van der Waals surface area contributed by atoms with Crippen LogP contribution in [-0.2, 0) is 4.74 Å². The van der Waals surface area contributed by atoms with Crippen molar-refractivity contribution in [3.05, 3.63) is 48.3 Å². The first-order valence-corrected chi connectivity index (χ1v) is 6.69. The van der Waals surface area contributed by atoms with Crippen LogP contribution in [0.1, 0.15) is 0 Å². The van der Waals surface area contributed by atoms with E-state index in [9.17, 15) is 4.39 Å². The van der Waals surface area contributed by atoms with Gasteiger partial charge in [-0.3, -0.25) is 0 Å². The first kappa shape index (κ1) is 12.3. The number of halogens is 1. The van der Waals surface area contributed by atoms with Gasteiger partial charge in [0.2, 0.25) is 0 Å². The Morgan fingerprint density at radius 3 is 2.76 bits per heavy atom. The third kappa shape index (κ3) is 2.48. The number of rotatable bonds is 4. The van der Waals surface area contributed by atoms with Crippen molar-refractivity contribution < 1.29 is 18.4 Å². The zero-order valence-corrected chi connectivity index (χ0v) is 11.1. The Hall–Kier alpha value is -2.40. The van der Waals surface area contributed by atoms with Gasteiger partial charge in [-0.1, -0.05) is 5.16 Å². The Bertz CT molecular complexity index is 778. The Morgan fingerprint density at radius 2 is 2.00 bits per heavy atom. The van der Waals surface area contributed by atoms with E-state index in [-0.39, 0.29) is 11.9 Å². The van der Waals surface area contributed by atoms with Crippen molar-refractivity contribution in [1.82, 2.24) is 5.16 Å². The minimum atomic E-state index is -0.326. The van der Waals surface area contributed by atoms with E-state index in [1.54, 1.807) is 6.07 Å². The zero-order valence-electron chi connectivity index (χ0n) is 11.1. The summed E-state index contributed by atoms with van der Waals surface area (Å²) in [5.41, 5.74) is 1.38. The molecule has 1 aliphatic rings. The summed E-state index contributed by atoms with van der Waals surface area (Å²) >= 11 is 0. The molecule has 3 aromatic rings. The third-order valence-corrected chi connectivity index (χ3v) is 3.39. The lowest BCUT2D eigenvalue weighted by Gasteiger charge is -2.04. The van der Waals surface area contributed by atoms with Crippen LogP contribution >= 0.6 is 0 Å². The molecule has 0 N–H and O–H groups in total. The van der Waals surface area contributed by atoms with Crippen LogP contribution in [0.3, 0.4) is 0 Å². The molecule has 4 rings (SSSR count). The number of epoxide rings is 1. The second kappa shape index (κ2) is 4.86. The largest absolute Gasteiger partial charge is 0.491 e. The Morgan fingerprint density at radius 1 is 1.19 bits per heavy atom. The summed E-state index contributed by atoms with van der Waals surface area (Å²) in [6.45, 7) is 1.35. The lowest BCUT2D eigenvalue weighted by molar-refractivity contribution is 0.263. The quantitative estimate of drug-likeness (QED) is 0.689. The normalized spacial score (nSPS) is 17.1. The van der Waals surface area contributed by atoms with Crippen molar-refractivity contribution in [1.29, 1.82) is 0 Å². The van der Waals surface area contributed by atoms with Crippen LogP contribution in [0.4, 0.5) is 4.39 Å². The van der Waals surface area contributed by atoms with Gasteiger partial charge in [0, 0.05) is 17.0 Å². The minimum Gasteiger partial charge on any atom is -0.491 e. The lowest BCUT2D eigenvalue weighted by Crippen LogP contribution is -2.03. The van der Waals surface area contributed by atoms with Gasteiger partial charge in [0.1, 0.15) is 29.8 Å². The second-order valence-corrected chi connectivity index (χ2v) is 4.96. The lowest BCUT2D eigenvalue weighted by atomic mass is 10.1. The highest BCUT2D eigenvalue weighted by atomic mass is 19.1. The van der Waals surface area contributed by atoms with Crippen LogP contribution in [0.25, 0.3) is 22.2 Å². The highest BCUT2D eigenvalue weighted by Crippen LogP contribution is 2.30. The molecular weight excluding hydrogens is 273 g/mol. The molecule has 0 saturated carbocycles. The number of aromatic nitrogens is 1. The number of benzene rings is 2. The molecule has 4 nitrogen and oxygen atoms in total. The van der Waals surface area contributed by atoms with E-state index in [1.807, 2.05) is 24.3 Å². The maximum Gasteiger partial charge on any atom is 0.174 e. The molecule has 0 radical (unpaired) electrons. The SMILES string of the molecule is Fc1ccc2c(-c3ccc(OCC4CO4)cc3)onc2c1. The fourth-order valence-corrected chi connectivity index (χ4v) is 2.18. The maximum atomic E-state index is 13.1. The van der Waals surface area contributed by atoms with Gasteiger partial charge in [0.25, 0.3) is 0 Å². The van der Waals surface area contributed by atoms with E-state index in [4.69, 9.17) is 14.0 Å². The second-order valence-electron chi connectivity index (χ2n) is 4.96. The van der Waals surface area contributed by atoms with Gasteiger partial charge in [-0.25, -0.2) is 4.39 Å². The maximum absolute atomic E-state index is 13.1. The number of ether oxygens (including phenoxy) is 2. The van der Waals surface area contributed by atoms with Crippen LogP contribution in [0.15, 0.2) is 47.0 Å². The van der Waals surface area contributed by atoms with Crippen molar-refractivity contribution in [3.8, 4) is 17.1 Å². The van der Waals surface area contributed by atoms with Crippen LogP contribution < -0.4 is 4.74 Å². The smallest absolute Gasteiger partial charge is 0.174 e. The summed E-state index contributed by atoms with van der Waals surface area (Å²) < 4.78 is 29.2. The molecule has 106 valence electrons. The van der Waals surface area contributed by atoms with E-state index in [2.05, 4.69) is 5.16 Å². The van der Waals surface area contributed by atoms with E-state index in [0.717, 1.165) is 23.3 Å². The molecule has 0 bridgehead atoms. The fourth-order valence-electron chi connectivity index (χ4n) is 2.18. The molecule has 2 aromatic carbocycles. The summed E-state index contributed by atoms with van der Waals surface area (Å²) in [6, 6.07) is 12.0. The van der Waals surface area contributed by atoms with Crippen LogP contribution in [0, 0.1) is 5.82 Å². The number of hydrogen-bond donors (Lipinski definition) is 0. The molecule has 5 heteroatoms. The Kier molecular flexibility index (Phi) is 2.86. The standard InChI is InChI=1S/C16H12FNO3/c17-11-3-6-14-15(7-11)18-21-16(14)10-1-4-12(5-2-10)19-8-13-9-20-13/h1-7,13H,8-9H2. The van der Waals surface area contributed by atoms with Gasteiger partial charge in [0.05, 0.1) is 6.61 Å². The van der Waals surface area contributed by atoms with E-state index >= 15 is 0 Å². The molecule has 0 aliphatic carbocycles. The van der Waals surface area contributed by atoms with Crippen molar-refractivity contribution >= 4 is 10.9 Å². The Labute approximate surface area is 120 Å². The first-order chi connectivity index (χ1) is 10.3. The van der Waals surface area contributed by atoms with Crippen molar-refractivity contribution in [2.45, 2.75) is 6.10 Å². The molecular formula is C16H12FNO3. The summed E-state index contributed by atoms with van der Waals surface area (Å²) in [5, 5.41) is 4.67. The van der Waals surface area contributed by atoms with Crippen molar-refractivity contribution in [2.75, 3.05) is 13.2 Å². The van der Waals surface area contributed by atoms with E-state index in [0.29, 0.717) is 17.9 Å². The number of hydrogen-bond acceptors (Lipinski definition) is 4. The van der Waals surface area contributed by atoms with E-state index in [1.165, 1.54) is 12.1 Å². The van der Waals surface area contributed by atoms with Gasteiger partial charge in [-0.15, -0.1) is 0 Å². The molecule has 0 amide bonds. The van der Waals surface area contributed by atoms with Crippen molar-refractivity contribution in [3.63, 3.8) is 0 Å². The topological polar surface area (TPSA) is 47.8 Å².